The number of hydrogen-bond acceptors (Lipinski definition) is 3. The second-order valence-corrected chi connectivity index (χ2v) is 4.87. The maximum Gasteiger partial charge on any atom is 0.326 e. The SMILES string of the molecule is COCCC(NC(=O)NC(C)c1ccccc1C)C(=O)O. The van der Waals surface area contributed by atoms with Crippen LogP contribution in [0.3, 0.4) is 0 Å². The molecule has 2 atom stereocenters. The summed E-state index contributed by atoms with van der Waals surface area (Å²) in [7, 11) is 1.49. The molecule has 0 aliphatic heterocycles. The van der Waals surface area contributed by atoms with Crippen LogP contribution in [0.4, 0.5) is 4.79 Å². The molecular weight excluding hydrogens is 272 g/mol. The van der Waals surface area contributed by atoms with E-state index in [2.05, 4.69) is 10.6 Å². The van der Waals surface area contributed by atoms with Gasteiger partial charge >= 0.3 is 12.0 Å². The molecule has 0 saturated heterocycles. The van der Waals surface area contributed by atoms with Crippen molar-refractivity contribution in [2.45, 2.75) is 32.4 Å². The highest BCUT2D eigenvalue weighted by atomic mass is 16.5. The first-order valence-electron chi connectivity index (χ1n) is 6.80. The van der Waals surface area contributed by atoms with E-state index in [0.29, 0.717) is 0 Å². The maximum absolute atomic E-state index is 11.9. The summed E-state index contributed by atoms with van der Waals surface area (Å²) in [5.41, 5.74) is 2.07. The first kappa shape index (κ1) is 17.0. The average Bonchev–Trinajstić information content (AvgIpc) is 2.43. The predicted molar refractivity (Wildman–Crippen MR) is 79.2 cm³/mol. The second kappa shape index (κ2) is 8.26. The number of carbonyl (C=O) groups excluding carboxylic acids is 1. The predicted octanol–water partition coefficient (Wildman–Crippen LogP) is 1.84. The van der Waals surface area contributed by atoms with Crippen molar-refractivity contribution >= 4 is 12.0 Å². The highest BCUT2D eigenvalue weighted by Crippen LogP contribution is 2.16. The lowest BCUT2D eigenvalue weighted by Crippen LogP contribution is -2.47. The average molecular weight is 294 g/mol. The summed E-state index contributed by atoms with van der Waals surface area (Å²) >= 11 is 0. The highest BCUT2D eigenvalue weighted by Gasteiger charge is 2.20. The lowest BCUT2D eigenvalue weighted by atomic mass is 10.0. The number of benzene rings is 1. The van der Waals surface area contributed by atoms with E-state index in [1.54, 1.807) is 0 Å². The third kappa shape index (κ3) is 5.43. The number of ether oxygens (including phenoxy) is 1. The molecule has 0 spiro atoms. The van der Waals surface area contributed by atoms with E-state index in [1.165, 1.54) is 7.11 Å². The number of rotatable bonds is 7. The molecule has 0 aromatic heterocycles. The van der Waals surface area contributed by atoms with Crippen molar-refractivity contribution in [1.82, 2.24) is 10.6 Å². The van der Waals surface area contributed by atoms with Crippen LogP contribution in [0.25, 0.3) is 0 Å². The fraction of sp³-hybridized carbons (Fsp3) is 0.467. The van der Waals surface area contributed by atoms with Crippen molar-refractivity contribution in [2.75, 3.05) is 13.7 Å². The molecule has 1 rings (SSSR count). The summed E-state index contributed by atoms with van der Waals surface area (Å²) in [6.45, 7) is 4.08. The molecular formula is C15H22N2O4. The van der Waals surface area contributed by atoms with E-state index in [0.717, 1.165) is 11.1 Å². The standard InChI is InChI=1S/C15H22N2O4/c1-10-6-4-5-7-12(10)11(2)16-15(20)17-13(14(18)19)8-9-21-3/h4-7,11,13H,8-9H2,1-3H3,(H,18,19)(H2,16,17,20). The minimum absolute atomic E-state index is 0.205. The molecule has 0 saturated carbocycles. The van der Waals surface area contributed by atoms with E-state index < -0.39 is 18.0 Å². The number of aliphatic carboxylic acids is 1. The smallest absolute Gasteiger partial charge is 0.326 e. The fourth-order valence-corrected chi connectivity index (χ4v) is 2.04. The van der Waals surface area contributed by atoms with Gasteiger partial charge in [0.15, 0.2) is 0 Å². The number of amides is 2. The number of carbonyl (C=O) groups is 2. The molecule has 21 heavy (non-hydrogen) atoms. The lowest BCUT2D eigenvalue weighted by molar-refractivity contribution is -0.139. The van der Waals surface area contributed by atoms with Crippen LogP contribution in [0.1, 0.15) is 30.5 Å². The van der Waals surface area contributed by atoms with Gasteiger partial charge in [-0.15, -0.1) is 0 Å². The Kier molecular flexibility index (Phi) is 6.68. The normalized spacial score (nSPS) is 13.3. The Morgan fingerprint density at radius 1 is 1.29 bits per heavy atom. The van der Waals surface area contributed by atoms with E-state index in [1.807, 2.05) is 38.1 Å². The molecule has 1 aromatic rings. The molecule has 0 bridgehead atoms. The summed E-state index contributed by atoms with van der Waals surface area (Å²) in [4.78, 5) is 22.9. The molecule has 1 aromatic carbocycles. The minimum Gasteiger partial charge on any atom is -0.480 e. The van der Waals surface area contributed by atoms with Gasteiger partial charge in [0.05, 0.1) is 6.04 Å². The van der Waals surface area contributed by atoms with E-state index in [4.69, 9.17) is 9.84 Å². The zero-order valence-corrected chi connectivity index (χ0v) is 12.6. The Bertz CT molecular complexity index is 490. The third-order valence-electron chi connectivity index (χ3n) is 3.22. The van der Waals surface area contributed by atoms with Gasteiger partial charge in [-0.1, -0.05) is 24.3 Å². The van der Waals surface area contributed by atoms with Crippen molar-refractivity contribution in [3.63, 3.8) is 0 Å². The number of aryl methyl sites for hydroxylation is 1. The number of methoxy groups -OCH3 is 1. The molecule has 0 fully saturated rings. The Hall–Kier alpha value is -2.08. The van der Waals surface area contributed by atoms with Crippen molar-refractivity contribution in [1.29, 1.82) is 0 Å². The van der Waals surface area contributed by atoms with Crippen molar-refractivity contribution in [3.05, 3.63) is 35.4 Å². The minimum atomic E-state index is -1.08. The van der Waals surface area contributed by atoms with E-state index >= 15 is 0 Å². The van der Waals surface area contributed by atoms with Gasteiger partial charge in [-0.25, -0.2) is 9.59 Å². The van der Waals surface area contributed by atoms with Gasteiger partial charge in [0.25, 0.3) is 0 Å². The molecule has 2 unspecified atom stereocenters. The number of nitrogens with one attached hydrogen (secondary N) is 2. The molecule has 3 N–H and O–H groups in total. The van der Waals surface area contributed by atoms with Crippen LogP contribution in [0.2, 0.25) is 0 Å². The van der Waals surface area contributed by atoms with Gasteiger partial charge in [-0.2, -0.15) is 0 Å². The van der Waals surface area contributed by atoms with Gasteiger partial charge in [-0.3, -0.25) is 0 Å². The summed E-state index contributed by atoms with van der Waals surface area (Å²) in [6.07, 6.45) is 0.220. The van der Waals surface area contributed by atoms with Gasteiger partial charge in [-0.05, 0) is 25.0 Å². The maximum atomic E-state index is 11.9. The van der Waals surface area contributed by atoms with Crippen LogP contribution in [0, 0.1) is 6.92 Å². The van der Waals surface area contributed by atoms with Gasteiger partial charge < -0.3 is 20.5 Å². The Labute approximate surface area is 124 Å². The monoisotopic (exact) mass is 294 g/mol. The van der Waals surface area contributed by atoms with Gasteiger partial charge in [0, 0.05) is 20.1 Å². The quantitative estimate of drug-likeness (QED) is 0.716. The number of hydrogen-bond donors (Lipinski definition) is 3. The zero-order valence-electron chi connectivity index (χ0n) is 12.6. The van der Waals surface area contributed by atoms with E-state index in [-0.39, 0.29) is 19.1 Å². The van der Waals surface area contributed by atoms with Crippen LogP contribution < -0.4 is 10.6 Å². The Balaban J connectivity index is 2.59. The summed E-state index contributed by atoms with van der Waals surface area (Å²) < 4.78 is 4.84. The van der Waals surface area contributed by atoms with Crippen LogP contribution in [0.5, 0.6) is 0 Å². The number of urea groups is 1. The van der Waals surface area contributed by atoms with Gasteiger partial charge in [0.1, 0.15) is 6.04 Å². The Morgan fingerprint density at radius 2 is 1.95 bits per heavy atom. The first-order valence-corrected chi connectivity index (χ1v) is 6.80. The van der Waals surface area contributed by atoms with Gasteiger partial charge in [0.2, 0.25) is 0 Å². The van der Waals surface area contributed by atoms with Crippen LogP contribution >= 0.6 is 0 Å². The molecule has 0 aliphatic rings. The van der Waals surface area contributed by atoms with E-state index in [9.17, 15) is 9.59 Å². The molecule has 6 heteroatoms. The Morgan fingerprint density at radius 3 is 2.52 bits per heavy atom. The molecule has 2 amide bonds. The third-order valence-corrected chi connectivity index (χ3v) is 3.22. The van der Waals surface area contributed by atoms with Crippen LogP contribution in [-0.4, -0.2) is 36.9 Å². The topological polar surface area (TPSA) is 87.7 Å². The first-order chi connectivity index (χ1) is 9.95. The second-order valence-electron chi connectivity index (χ2n) is 4.87. The van der Waals surface area contributed by atoms with Crippen molar-refractivity contribution in [3.8, 4) is 0 Å². The number of carboxylic acids is 1. The summed E-state index contributed by atoms with van der Waals surface area (Å²) in [6, 6.07) is 6.05. The van der Waals surface area contributed by atoms with Crippen molar-refractivity contribution in [2.24, 2.45) is 0 Å². The number of carboxylic acid groups (broad SMARTS) is 1. The zero-order chi connectivity index (χ0) is 15.8. The molecule has 6 nitrogen and oxygen atoms in total. The van der Waals surface area contributed by atoms with Crippen LogP contribution in [-0.2, 0) is 9.53 Å². The van der Waals surface area contributed by atoms with Crippen molar-refractivity contribution < 1.29 is 19.4 Å². The summed E-state index contributed by atoms with van der Waals surface area (Å²) in [5.74, 6) is -1.08. The molecule has 0 aliphatic carbocycles. The molecule has 0 heterocycles. The fourth-order valence-electron chi connectivity index (χ4n) is 2.04. The summed E-state index contributed by atoms with van der Waals surface area (Å²) in [5, 5.41) is 14.2. The largest absolute Gasteiger partial charge is 0.480 e. The highest BCUT2D eigenvalue weighted by molar-refractivity contribution is 5.82. The lowest BCUT2D eigenvalue weighted by Gasteiger charge is -2.19. The molecule has 0 radical (unpaired) electrons. The van der Waals surface area contributed by atoms with Crippen LogP contribution in [0.15, 0.2) is 24.3 Å². The molecule has 116 valence electrons.